The number of nitrogens with zero attached hydrogens (tertiary/aromatic N) is 2. The number of aryl methyl sites for hydroxylation is 1. The van der Waals surface area contributed by atoms with Gasteiger partial charge in [0.05, 0.1) is 7.11 Å². The molecule has 0 unspecified atom stereocenters. The van der Waals surface area contributed by atoms with E-state index in [1.54, 1.807) is 18.5 Å². The van der Waals surface area contributed by atoms with Crippen molar-refractivity contribution in [2.24, 2.45) is 0 Å². The van der Waals surface area contributed by atoms with Crippen molar-refractivity contribution in [2.75, 3.05) is 7.11 Å². The lowest BCUT2D eigenvalue weighted by Crippen LogP contribution is -2.01. The van der Waals surface area contributed by atoms with E-state index in [1.165, 1.54) is 7.11 Å². The van der Waals surface area contributed by atoms with Crippen molar-refractivity contribution in [1.29, 1.82) is 0 Å². The molecule has 0 aliphatic heterocycles. The van der Waals surface area contributed by atoms with Crippen molar-refractivity contribution in [3.8, 4) is 11.8 Å². The van der Waals surface area contributed by atoms with Crippen LogP contribution >= 0.6 is 0 Å². The Morgan fingerprint density at radius 1 is 1.21 bits per heavy atom. The second-order valence-corrected chi connectivity index (χ2v) is 3.86. The van der Waals surface area contributed by atoms with Gasteiger partial charge in [-0.2, -0.15) is 0 Å². The lowest BCUT2D eigenvalue weighted by molar-refractivity contribution is -0.140. The zero-order valence-electron chi connectivity index (χ0n) is 10.6. The zero-order valence-corrected chi connectivity index (χ0v) is 10.6. The highest BCUT2D eigenvalue weighted by Gasteiger charge is 2.04. The van der Waals surface area contributed by atoms with Gasteiger partial charge in [0.25, 0.3) is 0 Å². The molecule has 2 rings (SSSR count). The molecule has 0 aliphatic rings. The Balaban J connectivity index is 2.01. The van der Waals surface area contributed by atoms with Crippen LogP contribution < -0.4 is 4.74 Å². The summed E-state index contributed by atoms with van der Waals surface area (Å²) in [4.78, 5) is 19.1. The minimum Gasteiger partial charge on any atom is -0.469 e. The largest absolute Gasteiger partial charge is 0.469 e. The lowest BCUT2D eigenvalue weighted by Gasteiger charge is -2.05. The fraction of sp³-hybridized carbons (Fsp3) is 0.214. The maximum Gasteiger partial charge on any atom is 0.321 e. The summed E-state index contributed by atoms with van der Waals surface area (Å²) in [7, 11) is 1.38. The number of rotatable bonds is 5. The van der Waals surface area contributed by atoms with Crippen molar-refractivity contribution < 1.29 is 14.3 Å². The number of benzene rings is 1. The Morgan fingerprint density at radius 2 is 2.00 bits per heavy atom. The van der Waals surface area contributed by atoms with E-state index < -0.39 is 0 Å². The van der Waals surface area contributed by atoms with Crippen LogP contribution in [-0.4, -0.2) is 23.0 Å². The molecular formula is C14H14N2O3. The summed E-state index contributed by atoms with van der Waals surface area (Å²) in [6, 6.07) is 9.50. The molecule has 0 amide bonds. The minimum atomic E-state index is -0.224. The van der Waals surface area contributed by atoms with Gasteiger partial charge >= 0.3 is 12.0 Å². The fourth-order valence-corrected chi connectivity index (χ4v) is 1.56. The van der Waals surface area contributed by atoms with Crippen molar-refractivity contribution in [3.63, 3.8) is 0 Å². The van der Waals surface area contributed by atoms with Crippen LogP contribution in [0.1, 0.15) is 12.0 Å². The first-order valence-electron chi connectivity index (χ1n) is 5.88. The molecule has 0 spiro atoms. The summed E-state index contributed by atoms with van der Waals surface area (Å²) in [5.74, 6) is 0.422. The molecule has 19 heavy (non-hydrogen) atoms. The molecule has 0 aliphatic carbocycles. The molecule has 5 heteroatoms. The quantitative estimate of drug-likeness (QED) is 0.770. The van der Waals surface area contributed by atoms with Crippen molar-refractivity contribution in [3.05, 3.63) is 48.3 Å². The molecule has 0 saturated heterocycles. The van der Waals surface area contributed by atoms with Gasteiger partial charge in [0.2, 0.25) is 0 Å². The third-order valence-electron chi connectivity index (χ3n) is 2.50. The standard InChI is InChI=1S/C14H14N2O3/c1-18-13(17)7-6-11-4-2-5-12(10-11)19-14-15-8-3-9-16-14/h2-5,8-10H,6-7H2,1H3. The molecule has 5 nitrogen and oxygen atoms in total. The Labute approximate surface area is 111 Å². The maximum absolute atomic E-state index is 11.1. The molecular weight excluding hydrogens is 244 g/mol. The first-order chi connectivity index (χ1) is 9.28. The van der Waals surface area contributed by atoms with E-state index in [9.17, 15) is 4.79 Å². The van der Waals surface area contributed by atoms with Crippen LogP contribution in [0.2, 0.25) is 0 Å². The van der Waals surface area contributed by atoms with E-state index >= 15 is 0 Å². The Hall–Kier alpha value is -2.43. The number of esters is 1. The normalized spacial score (nSPS) is 9.95. The van der Waals surface area contributed by atoms with Crippen LogP contribution in [0.25, 0.3) is 0 Å². The molecule has 0 atom stereocenters. The summed E-state index contributed by atoms with van der Waals surface area (Å²) in [5, 5.41) is 0. The summed E-state index contributed by atoms with van der Waals surface area (Å²) >= 11 is 0. The second-order valence-electron chi connectivity index (χ2n) is 3.86. The van der Waals surface area contributed by atoms with E-state index in [2.05, 4.69) is 14.7 Å². The SMILES string of the molecule is COC(=O)CCc1cccc(Oc2ncccn2)c1. The van der Waals surface area contributed by atoms with E-state index in [1.807, 2.05) is 24.3 Å². The van der Waals surface area contributed by atoms with Gasteiger partial charge in [-0.25, -0.2) is 9.97 Å². The number of aromatic nitrogens is 2. The third kappa shape index (κ3) is 4.06. The van der Waals surface area contributed by atoms with E-state index in [0.29, 0.717) is 24.6 Å². The summed E-state index contributed by atoms with van der Waals surface area (Å²) in [6.45, 7) is 0. The molecule has 98 valence electrons. The van der Waals surface area contributed by atoms with Gasteiger partial charge < -0.3 is 9.47 Å². The molecule has 2 aromatic rings. The Kier molecular flexibility index (Phi) is 4.44. The van der Waals surface area contributed by atoms with Gasteiger partial charge in [-0.1, -0.05) is 12.1 Å². The van der Waals surface area contributed by atoms with Gasteiger partial charge in [0.15, 0.2) is 0 Å². The first kappa shape index (κ1) is 13.0. The molecule has 1 aromatic carbocycles. The highest BCUT2D eigenvalue weighted by atomic mass is 16.5. The predicted molar refractivity (Wildman–Crippen MR) is 68.9 cm³/mol. The van der Waals surface area contributed by atoms with Crippen LogP contribution in [-0.2, 0) is 16.0 Å². The number of hydrogen-bond acceptors (Lipinski definition) is 5. The monoisotopic (exact) mass is 258 g/mol. The molecule has 0 fully saturated rings. The number of ether oxygens (including phenoxy) is 2. The Morgan fingerprint density at radius 3 is 2.74 bits per heavy atom. The van der Waals surface area contributed by atoms with Crippen LogP contribution in [0.4, 0.5) is 0 Å². The number of carbonyl (C=O) groups excluding carboxylic acids is 1. The highest BCUT2D eigenvalue weighted by Crippen LogP contribution is 2.19. The van der Waals surface area contributed by atoms with Crippen LogP contribution in [0.15, 0.2) is 42.7 Å². The summed E-state index contributed by atoms with van der Waals surface area (Å²) < 4.78 is 10.1. The highest BCUT2D eigenvalue weighted by molar-refractivity contribution is 5.69. The summed E-state index contributed by atoms with van der Waals surface area (Å²) in [5.41, 5.74) is 0.999. The van der Waals surface area contributed by atoms with Crippen LogP contribution in [0.5, 0.6) is 11.8 Å². The van der Waals surface area contributed by atoms with Gasteiger partial charge in [-0.15, -0.1) is 0 Å². The zero-order chi connectivity index (χ0) is 13.5. The molecule has 0 radical (unpaired) electrons. The smallest absolute Gasteiger partial charge is 0.321 e. The molecule has 0 bridgehead atoms. The van der Waals surface area contributed by atoms with Crippen LogP contribution in [0.3, 0.4) is 0 Å². The third-order valence-corrected chi connectivity index (χ3v) is 2.50. The molecule has 1 aromatic heterocycles. The van der Waals surface area contributed by atoms with Crippen LogP contribution in [0, 0.1) is 0 Å². The predicted octanol–water partition coefficient (Wildman–Crippen LogP) is 2.37. The van der Waals surface area contributed by atoms with Crippen molar-refractivity contribution in [1.82, 2.24) is 9.97 Å². The molecule has 1 heterocycles. The maximum atomic E-state index is 11.1. The Bertz CT molecular complexity index is 543. The number of hydrogen-bond donors (Lipinski definition) is 0. The van der Waals surface area contributed by atoms with Crippen molar-refractivity contribution in [2.45, 2.75) is 12.8 Å². The van der Waals surface area contributed by atoms with E-state index in [-0.39, 0.29) is 5.97 Å². The molecule has 0 N–H and O–H groups in total. The minimum absolute atomic E-state index is 0.224. The lowest BCUT2D eigenvalue weighted by atomic mass is 10.1. The fourth-order valence-electron chi connectivity index (χ4n) is 1.56. The number of carbonyl (C=O) groups is 1. The number of methoxy groups -OCH3 is 1. The van der Waals surface area contributed by atoms with Gasteiger partial charge in [0.1, 0.15) is 5.75 Å². The topological polar surface area (TPSA) is 61.3 Å². The van der Waals surface area contributed by atoms with Gasteiger partial charge in [0, 0.05) is 18.8 Å². The summed E-state index contributed by atoms with van der Waals surface area (Å²) in [6.07, 6.45) is 4.19. The average Bonchev–Trinajstić information content (AvgIpc) is 2.46. The van der Waals surface area contributed by atoms with E-state index in [4.69, 9.17) is 4.74 Å². The van der Waals surface area contributed by atoms with E-state index in [0.717, 1.165) is 5.56 Å². The second kappa shape index (κ2) is 6.49. The van der Waals surface area contributed by atoms with Crippen molar-refractivity contribution >= 4 is 5.97 Å². The molecule has 0 saturated carbocycles. The van der Waals surface area contributed by atoms with Gasteiger partial charge in [-0.3, -0.25) is 4.79 Å². The average molecular weight is 258 g/mol. The van der Waals surface area contributed by atoms with Gasteiger partial charge in [-0.05, 0) is 30.2 Å². The first-order valence-corrected chi connectivity index (χ1v) is 5.88.